The number of aliphatic hydroxyl groups is 1. The zero-order valence-electron chi connectivity index (χ0n) is 16.2. The standard InChI is InChI=1S/C21H30N4O/c1-15-7-9-17(10-8-15)16(2)24-19-12-20(23-14-22-19)25-11-5-6-18(13-25)21(3,4)26/h7-10,12,14,16,18,26H,5-6,11,13H2,1-4H3,(H,22,23,24)/t16-,18?/m1/s1. The second-order valence-electron chi connectivity index (χ2n) is 7.98. The summed E-state index contributed by atoms with van der Waals surface area (Å²) in [5, 5.41) is 13.8. The second kappa shape index (κ2) is 7.62. The van der Waals surface area contributed by atoms with Gasteiger partial charge in [-0.1, -0.05) is 29.8 Å². The normalized spacial score (nSPS) is 19.3. The molecule has 1 aromatic carbocycles. The van der Waals surface area contributed by atoms with E-state index in [1.165, 1.54) is 11.1 Å². The van der Waals surface area contributed by atoms with Gasteiger partial charge in [0.15, 0.2) is 0 Å². The van der Waals surface area contributed by atoms with Crippen molar-refractivity contribution in [1.82, 2.24) is 9.97 Å². The zero-order chi connectivity index (χ0) is 18.7. The fourth-order valence-corrected chi connectivity index (χ4v) is 3.52. The van der Waals surface area contributed by atoms with Crippen LogP contribution in [0.5, 0.6) is 0 Å². The summed E-state index contributed by atoms with van der Waals surface area (Å²) in [5.41, 5.74) is 1.83. The molecule has 0 amide bonds. The first-order chi connectivity index (χ1) is 12.3. The van der Waals surface area contributed by atoms with Crippen LogP contribution in [0.1, 0.15) is 50.8 Å². The maximum absolute atomic E-state index is 10.4. The molecule has 2 aromatic rings. The maximum atomic E-state index is 10.4. The zero-order valence-corrected chi connectivity index (χ0v) is 16.2. The van der Waals surface area contributed by atoms with E-state index in [2.05, 4.69) is 58.3 Å². The second-order valence-corrected chi connectivity index (χ2v) is 7.98. The summed E-state index contributed by atoms with van der Waals surface area (Å²) in [4.78, 5) is 11.1. The number of anilines is 2. The van der Waals surface area contributed by atoms with Crippen LogP contribution < -0.4 is 10.2 Å². The molecule has 1 aliphatic heterocycles. The van der Waals surface area contributed by atoms with Crippen molar-refractivity contribution in [2.75, 3.05) is 23.3 Å². The monoisotopic (exact) mass is 354 g/mol. The fourth-order valence-electron chi connectivity index (χ4n) is 3.52. The molecule has 26 heavy (non-hydrogen) atoms. The molecule has 0 spiro atoms. The van der Waals surface area contributed by atoms with Gasteiger partial charge in [0.2, 0.25) is 0 Å². The van der Waals surface area contributed by atoms with Crippen molar-refractivity contribution < 1.29 is 5.11 Å². The Labute approximate surface area is 156 Å². The molecule has 5 heteroatoms. The molecule has 1 aliphatic rings. The first-order valence-electron chi connectivity index (χ1n) is 9.45. The highest BCUT2D eigenvalue weighted by Crippen LogP contribution is 2.30. The Kier molecular flexibility index (Phi) is 5.47. The predicted octanol–water partition coefficient (Wildman–Crippen LogP) is 3.95. The topological polar surface area (TPSA) is 61.3 Å². The average Bonchev–Trinajstić information content (AvgIpc) is 2.62. The predicted molar refractivity (Wildman–Crippen MR) is 106 cm³/mol. The minimum absolute atomic E-state index is 0.170. The van der Waals surface area contributed by atoms with E-state index in [1.54, 1.807) is 6.33 Å². The van der Waals surface area contributed by atoms with Gasteiger partial charge in [0.25, 0.3) is 0 Å². The number of aryl methyl sites for hydroxylation is 1. The molecule has 5 nitrogen and oxygen atoms in total. The van der Waals surface area contributed by atoms with Crippen LogP contribution in [-0.2, 0) is 0 Å². The third kappa shape index (κ3) is 4.52. The van der Waals surface area contributed by atoms with Crippen molar-refractivity contribution in [3.8, 4) is 0 Å². The van der Waals surface area contributed by atoms with Crippen LogP contribution in [0.2, 0.25) is 0 Å². The minimum Gasteiger partial charge on any atom is -0.390 e. The molecule has 2 heterocycles. The lowest BCUT2D eigenvalue weighted by molar-refractivity contribution is 0.0109. The van der Waals surface area contributed by atoms with Crippen LogP contribution in [0, 0.1) is 12.8 Å². The highest BCUT2D eigenvalue weighted by atomic mass is 16.3. The highest BCUT2D eigenvalue weighted by Gasteiger charge is 2.31. The van der Waals surface area contributed by atoms with Crippen molar-refractivity contribution >= 4 is 11.6 Å². The summed E-state index contributed by atoms with van der Waals surface area (Å²) in [6, 6.07) is 10.7. The van der Waals surface area contributed by atoms with Gasteiger partial charge in [0, 0.05) is 31.1 Å². The van der Waals surface area contributed by atoms with Gasteiger partial charge in [-0.05, 0) is 46.1 Å². The van der Waals surface area contributed by atoms with Gasteiger partial charge >= 0.3 is 0 Å². The van der Waals surface area contributed by atoms with Gasteiger partial charge in [-0.25, -0.2) is 9.97 Å². The highest BCUT2D eigenvalue weighted by molar-refractivity contribution is 5.50. The summed E-state index contributed by atoms with van der Waals surface area (Å²) >= 11 is 0. The van der Waals surface area contributed by atoms with Crippen LogP contribution in [0.4, 0.5) is 11.6 Å². The Balaban J connectivity index is 1.70. The third-order valence-electron chi connectivity index (χ3n) is 5.34. The van der Waals surface area contributed by atoms with Crippen molar-refractivity contribution in [2.45, 2.75) is 52.2 Å². The summed E-state index contributed by atoms with van der Waals surface area (Å²) in [6.07, 6.45) is 3.75. The Bertz CT molecular complexity index is 724. The number of hydrogen-bond donors (Lipinski definition) is 2. The van der Waals surface area contributed by atoms with Crippen molar-refractivity contribution in [3.05, 3.63) is 47.8 Å². The van der Waals surface area contributed by atoms with E-state index in [-0.39, 0.29) is 12.0 Å². The first kappa shape index (κ1) is 18.6. The molecule has 1 unspecified atom stereocenters. The van der Waals surface area contributed by atoms with Crippen LogP contribution in [0.3, 0.4) is 0 Å². The molecule has 1 aromatic heterocycles. The van der Waals surface area contributed by atoms with E-state index in [4.69, 9.17) is 0 Å². The molecule has 2 atom stereocenters. The number of hydrogen-bond acceptors (Lipinski definition) is 5. The van der Waals surface area contributed by atoms with Gasteiger partial charge in [-0.2, -0.15) is 0 Å². The number of benzene rings is 1. The summed E-state index contributed by atoms with van der Waals surface area (Å²) in [6.45, 7) is 9.83. The Hall–Kier alpha value is -2.14. The quantitative estimate of drug-likeness (QED) is 0.851. The van der Waals surface area contributed by atoms with E-state index < -0.39 is 5.60 Å². The van der Waals surface area contributed by atoms with Gasteiger partial charge in [0.05, 0.1) is 5.60 Å². The van der Waals surface area contributed by atoms with Gasteiger partial charge in [-0.15, -0.1) is 0 Å². The maximum Gasteiger partial charge on any atom is 0.134 e. The van der Waals surface area contributed by atoms with E-state index in [0.29, 0.717) is 0 Å². The van der Waals surface area contributed by atoms with Gasteiger partial charge in [-0.3, -0.25) is 0 Å². The molecule has 1 fully saturated rings. The van der Waals surface area contributed by atoms with E-state index in [0.717, 1.165) is 37.6 Å². The lowest BCUT2D eigenvalue weighted by atomic mass is 9.84. The Morgan fingerprint density at radius 2 is 1.96 bits per heavy atom. The summed E-state index contributed by atoms with van der Waals surface area (Å²) < 4.78 is 0. The van der Waals surface area contributed by atoms with E-state index in [9.17, 15) is 5.11 Å². The fraction of sp³-hybridized carbons (Fsp3) is 0.524. The van der Waals surface area contributed by atoms with Crippen LogP contribution in [0.25, 0.3) is 0 Å². The SMILES string of the molecule is Cc1ccc([C@@H](C)Nc2cc(N3CCCC(C(C)(C)O)C3)ncn2)cc1. The molecule has 0 saturated carbocycles. The lowest BCUT2D eigenvalue weighted by Crippen LogP contribution is -2.45. The summed E-state index contributed by atoms with van der Waals surface area (Å²) in [5.74, 6) is 2.01. The first-order valence-corrected chi connectivity index (χ1v) is 9.45. The van der Waals surface area contributed by atoms with Gasteiger partial charge in [0.1, 0.15) is 18.0 Å². The smallest absolute Gasteiger partial charge is 0.134 e. The molecular weight excluding hydrogens is 324 g/mol. The molecule has 0 radical (unpaired) electrons. The molecule has 140 valence electrons. The van der Waals surface area contributed by atoms with E-state index in [1.807, 2.05) is 19.9 Å². The van der Waals surface area contributed by atoms with Crippen molar-refractivity contribution in [2.24, 2.45) is 5.92 Å². The van der Waals surface area contributed by atoms with Crippen molar-refractivity contribution in [3.63, 3.8) is 0 Å². The number of piperidine rings is 1. The minimum atomic E-state index is -0.660. The number of nitrogens with zero attached hydrogens (tertiary/aromatic N) is 3. The summed E-state index contributed by atoms with van der Waals surface area (Å²) in [7, 11) is 0. The number of rotatable bonds is 5. The average molecular weight is 354 g/mol. The molecule has 0 aliphatic carbocycles. The Morgan fingerprint density at radius 1 is 1.23 bits per heavy atom. The third-order valence-corrected chi connectivity index (χ3v) is 5.34. The molecule has 3 rings (SSSR count). The molecule has 1 saturated heterocycles. The lowest BCUT2D eigenvalue weighted by Gasteiger charge is -2.39. The van der Waals surface area contributed by atoms with E-state index >= 15 is 0 Å². The number of aromatic nitrogens is 2. The van der Waals surface area contributed by atoms with Crippen molar-refractivity contribution in [1.29, 1.82) is 0 Å². The molecule has 2 N–H and O–H groups in total. The number of nitrogens with one attached hydrogen (secondary N) is 1. The van der Waals surface area contributed by atoms with Crippen LogP contribution in [-0.4, -0.2) is 33.8 Å². The van der Waals surface area contributed by atoms with Crippen LogP contribution in [0.15, 0.2) is 36.7 Å². The molecule has 0 bridgehead atoms. The van der Waals surface area contributed by atoms with Gasteiger partial charge < -0.3 is 15.3 Å². The Morgan fingerprint density at radius 3 is 2.65 bits per heavy atom. The van der Waals surface area contributed by atoms with Crippen LogP contribution >= 0.6 is 0 Å². The molecular formula is C21H30N4O. The largest absolute Gasteiger partial charge is 0.390 e.